The van der Waals surface area contributed by atoms with E-state index in [0.29, 0.717) is 0 Å². The molecule has 6 aliphatic rings. The van der Waals surface area contributed by atoms with E-state index < -0.39 is 176 Å². The van der Waals surface area contributed by atoms with Gasteiger partial charge in [-0.25, -0.2) is 0 Å². The Labute approximate surface area is 439 Å². The molecule has 1 aliphatic carbocycles. The number of aliphatic hydroxyl groups is 9. The summed E-state index contributed by atoms with van der Waals surface area (Å²) in [6.07, 6.45) is -27.0. The van der Waals surface area contributed by atoms with Gasteiger partial charge in [0, 0.05) is 50.7 Å². The van der Waals surface area contributed by atoms with Crippen molar-refractivity contribution >= 4 is 22.3 Å². The first-order valence-electron chi connectivity index (χ1n) is 26.0. The fraction of sp³-hybridized carbons (Fsp3) is 0.769. The summed E-state index contributed by atoms with van der Waals surface area (Å²) in [6, 6.07) is 3.03. The Balaban J connectivity index is 1.04. The van der Waals surface area contributed by atoms with Gasteiger partial charge in [-0.05, 0) is 84.9 Å². The van der Waals surface area contributed by atoms with Crippen LogP contribution in [0.2, 0.25) is 0 Å². The fourth-order valence-corrected chi connectivity index (χ4v) is 11.3. The van der Waals surface area contributed by atoms with Gasteiger partial charge >= 0.3 is 0 Å². The zero-order valence-electron chi connectivity index (χ0n) is 44.0. The Bertz CT molecular complexity index is 2350. The quantitative estimate of drug-likeness (QED) is 0.110. The zero-order chi connectivity index (χ0) is 55.6. The maximum atomic E-state index is 15.0. The van der Waals surface area contributed by atoms with Crippen LogP contribution < -0.4 is 4.74 Å². The number of hydrogen-bond donors (Lipinski definition) is 11. The molecule has 25 atom stereocenters. The van der Waals surface area contributed by atoms with Gasteiger partial charge in [-0.1, -0.05) is 0 Å². The second kappa shape index (κ2) is 23.4. The van der Waals surface area contributed by atoms with Crippen molar-refractivity contribution in [3.63, 3.8) is 0 Å². The molecular formula is C52H76O24. The highest BCUT2D eigenvalue weighted by atomic mass is 16.7. The minimum atomic E-state index is -1.95. The van der Waals surface area contributed by atoms with Crippen LogP contribution in [0.1, 0.15) is 102 Å². The van der Waals surface area contributed by atoms with E-state index in [-0.39, 0.29) is 71.7 Å². The molecule has 5 saturated heterocycles. The van der Waals surface area contributed by atoms with Crippen molar-refractivity contribution in [1.29, 1.82) is 0 Å². The molecule has 11 N–H and O–H groups in total. The number of aliphatic hydroxyl groups excluding tert-OH is 8. The van der Waals surface area contributed by atoms with Crippen LogP contribution >= 0.6 is 0 Å². The summed E-state index contributed by atoms with van der Waals surface area (Å²) in [5.74, 6) is -4.07. The van der Waals surface area contributed by atoms with Gasteiger partial charge in [-0.15, -0.1) is 0 Å². The van der Waals surface area contributed by atoms with Crippen LogP contribution in [0.15, 0.2) is 12.1 Å². The number of phenols is 2. The van der Waals surface area contributed by atoms with Crippen molar-refractivity contribution in [1.82, 2.24) is 0 Å². The average Bonchev–Trinajstić information content (AvgIpc) is 3.38. The lowest BCUT2D eigenvalue weighted by Gasteiger charge is -2.46. The Hall–Kier alpha value is -3.32. The minimum Gasteiger partial charge on any atom is -0.507 e. The number of carbonyl (C=O) groups is 2. The summed E-state index contributed by atoms with van der Waals surface area (Å²) in [5, 5.41) is 120. The Kier molecular flexibility index (Phi) is 18.1. The molecule has 0 aromatic heterocycles. The molecule has 428 valence electrons. The molecule has 0 unspecified atom stereocenters. The smallest absolute Gasteiger partial charge is 0.202 e. The Morgan fingerprint density at radius 2 is 1.17 bits per heavy atom. The number of rotatable bonds is 15. The van der Waals surface area contributed by atoms with E-state index >= 15 is 4.79 Å². The molecule has 2 aromatic rings. The number of Topliss-reactive ketones (excluding diaryl/α,β-unsaturated/α-hetero) is 2. The van der Waals surface area contributed by atoms with Crippen LogP contribution in [0.5, 0.6) is 17.2 Å². The third-order valence-corrected chi connectivity index (χ3v) is 15.9. The summed E-state index contributed by atoms with van der Waals surface area (Å²) in [4.78, 5) is 28.9. The lowest BCUT2D eigenvalue weighted by Crippen LogP contribution is -2.58. The van der Waals surface area contributed by atoms with E-state index in [2.05, 4.69) is 0 Å². The molecule has 5 fully saturated rings. The maximum Gasteiger partial charge on any atom is 0.202 e. The number of ketones is 2. The van der Waals surface area contributed by atoms with Crippen LogP contribution in [-0.2, 0) is 58.6 Å². The van der Waals surface area contributed by atoms with Gasteiger partial charge in [-0.3, -0.25) is 9.59 Å². The summed E-state index contributed by atoms with van der Waals surface area (Å²) in [7, 11) is 1.18. The molecule has 2 aromatic carbocycles. The van der Waals surface area contributed by atoms with E-state index in [9.17, 15) is 61.0 Å². The van der Waals surface area contributed by atoms with Crippen molar-refractivity contribution in [2.45, 2.75) is 241 Å². The molecule has 0 spiro atoms. The number of hydrogen-bond acceptors (Lipinski definition) is 24. The molecular weight excluding hydrogens is 1010 g/mol. The van der Waals surface area contributed by atoms with Crippen LogP contribution in [0, 0.1) is 12.8 Å². The van der Waals surface area contributed by atoms with Gasteiger partial charge in [0.1, 0.15) is 66.1 Å². The van der Waals surface area contributed by atoms with Crippen molar-refractivity contribution < 1.29 is 118 Å². The fourth-order valence-electron chi connectivity index (χ4n) is 11.3. The average molecular weight is 1090 g/mol. The molecule has 0 radical (unpaired) electrons. The number of ether oxygens (including phenoxy) is 11. The third kappa shape index (κ3) is 11.9. The zero-order valence-corrected chi connectivity index (χ0v) is 44.0. The Morgan fingerprint density at radius 3 is 1.70 bits per heavy atom. The number of aromatic hydroxyl groups is 2. The van der Waals surface area contributed by atoms with Crippen LogP contribution in [0.25, 0.3) is 10.8 Å². The van der Waals surface area contributed by atoms with E-state index in [1.165, 1.54) is 46.9 Å². The molecule has 0 amide bonds. The van der Waals surface area contributed by atoms with Crippen LogP contribution in [0.4, 0.5) is 0 Å². The van der Waals surface area contributed by atoms with Crippen molar-refractivity contribution in [3.05, 3.63) is 28.8 Å². The Morgan fingerprint density at radius 1 is 0.684 bits per heavy atom. The number of carbonyl (C=O) groups excluding carboxylic acids is 2. The summed E-state index contributed by atoms with van der Waals surface area (Å²) in [5.41, 5.74) is -1.47. The highest BCUT2D eigenvalue weighted by molar-refractivity contribution is 6.11. The molecule has 0 saturated carbocycles. The largest absolute Gasteiger partial charge is 0.507 e. The molecule has 0 bridgehead atoms. The van der Waals surface area contributed by atoms with Crippen molar-refractivity contribution in [2.75, 3.05) is 7.11 Å². The first kappa shape index (κ1) is 58.8. The molecule has 76 heavy (non-hydrogen) atoms. The second-order valence-corrected chi connectivity index (χ2v) is 21.7. The van der Waals surface area contributed by atoms with Gasteiger partial charge in [-0.2, -0.15) is 0 Å². The van der Waals surface area contributed by atoms with Crippen LogP contribution in [0.3, 0.4) is 0 Å². The van der Waals surface area contributed by atoms with E-state index in [1.807, 2.05) is 0 Å². The SMILES string of the molecule is CO[C@H](C(=O)[C@@H](O)[C@@H](C)O)[C@@H]1Cc2cc3cc(O[C@@H]4C[C@@H](O[C@@H]5C[C@@H](O)[C@H](O)[C@@H](C)O5)[C@H](O)[C@@H](C)O4)c(C)c(O)c3c(O)c2C(=O)[C@H]1O[C@@H]1C[C@@H](O[C@@H]2C[C@@H](O[C@@H]3C[C@](C)(O)[C@H](O)[C@@H](C)O3)[C@@H](O)[C@@H](C)O2)[C@H](O)[C@@H](C)O1. The normalized spacial score (nSPS) is 42.5. The van der Waals surface area contributed by atoms with Gasteiger partial charge in [0.05, 0.1) is 77.6 Å². The maximum absolute atomic E-state index is 15.0. The topological polar surface area (TPSA) is 358 Å². The van der Waals surface area contributed by atoms with E-state index in [4.69, 9.17) is 52.1 Å². The van der Waals surface area contributed by atoms with Gasteiger partial charge < -0.3 is 108 Å². The van der Waals surface area contributed by atoms with Gasteiger partial charge in [0.2, 0.25) is 6.29 Å². The molecule has 24 nitrogen and oxygen atoms in total. The summed E-state index contributed by atoms with van der Waals surface area (Å²) < 4.78 is 66.5. The highest BCUT2D eigenvalue weighted by Gasteiger charge is 2.51. The van der Waals surface area contributed by atoms with Crippen LogP contribution in [-0.4, -0.2) is 222 Å². The second-order valence-electron chi connectivity index (χ2n) is 21.7. The first-order chi connectivity index (χ1) is 35.7. The predicted molar refractivity (Wildman–Crippen MR) is 259 cm³/mol. The van der Waals surface area contributed by atoms with Crippen molar-refractivity contribution in [2.24, 2.45) is 5.92 Å². The monoisotopic (exact) mass is 1080 g/mol. The molecule has 24 heteroatoms. The third-order valence-electron chi connectivity index (χ3n) is 15.9. The van der Waals surface area contributed by atoms with Gasteiger partial charge in [0.15, 0.2) is 36.7 Å². The lowest BCUT2D eigenvalue weighted by molar-refractivity contribution is -0.334. The molecule has 8 rings (SSSR count). The van der Waals surface area contributed by atoms with Crippen molar-refractivity contribution in [3.8, 4) is 17.2 Å². The van der Waals surface area contributed by atoms with E-state index in [1.54, 1.807) is 27.7 Å². The summed E-state index contributed by atoms with van der Waals surface area (Å²) in [6.45, 7) is 12.1. The number of benzene rings is 2. The lowest BCUT2D eigenvalue weighted by atomic mass is 9.75. The highest BCUT2D eigenvalue weighted by Crippen LogP contribution is 2.47. The first-order valence-corrected chi connectivity index (χ1v) is 26.0. The summed E-state index contributed by atoms with van der Waals surface area (Å²) >= 11 is 0. The predicted octanol–water partition coefficient (Wildman–Crippen LogP) is -0.249. The van der Waals surface area contributed by atoms with E-state index in [0.717, 1.165) is 0 Å². The number of fused-ring (bicyclic) bond motifs is 2. The standard InChI is InChI=1S/C52H76O24/c1-18-29(72-34-14-30(43(58)21(4)68-34)73-33-13-28(54)42(57)20(3)67-33)12-26-10-25-11-27(49(66-9)48(63)41(56)19(2)53)50(47(62)39(25)46(61)38(26)40(18)55)76-36-16-31(44(59)23(6)70-36)74-35-15-32(45(60)22(5)69-35)75-37-17-52(8,65)51(64)24(7)71-37/h10,12,19-24,27-28,30-37,41-45,49-51,53-61,64-65H,11,13-17H2,1-9H3/t19-,20-,21-,22-,23-,24-,27+,28-,30-,31-,32-,33-,34-,35-,36-,37-,41+,42-,43-,44-,45+,49+,50+,51-,52+/m1/s1. The molecule has 5 heterocycles. The number of phenolic OH excluding ortho intramolecular Hbond substituents is 2. The molecule has 5 aliphatic heterocycles. The number of methoxy groups -OCH3 is 1. The van der Waals surface area contributed by atoms with Gasteiger partial charge in [0.25, 0.3) is 0 Å². The minimum absolute atomic E-state index is 0.0365.